The highest BCUT2D eigenvalue weighted by Crippen LogP contribution is 2.21. The maximum absolute atomic E-state index is 12.9. The summed E-state index contributed by atoms with van der Waals surface area (Å²) in [6.07, 6.45) is 0.506. The van der Waals surface area contributed by atoms with Gasteiger partial charge in [0, 0.05) is 41.3 Å². The van der Waals surface area contributed by atoms with Gasteiger partial charge >= 0.3 is 0 Å². The number of carbonyl (C=O) groups excluding carboxylic acids is 2. The molecule has 0 bridgehead atoms. The van der Waals surface area contributed by atoms with E-state index >= 15 is 0 Å². The first-order valence-electron chi connectivity index (χ1n) is 12.7. The summed E-state index contributed by atoms with van der Waals surface area (Å²) in [4.78, 5) is 31.3. The van der Waals surface area contributed by atoms with E-state index in [2.05, 4.69) is 22.5 Å². The number of nitrogens with zero attached hydrogens (tertiary/aromatic N) is 2. The number of nitrogens with one attached hydrogen (secondary N) is 2. The molecule has 1 aliphatic rings. The summed E-state index contributed by atoms with van der Waals surface area (Å²) < 4.78 is 5.97. The first-order chi connectivity index (χ1) is 17.9. The Bertz CT molecular complexity index is 1220. The summed E-state index contributed by atoms with van der Waals surface area (Å²) in [5.41, 5.74) is 8.73. The fourth-order valence-electron chi connectivity index (χ4n) is 4.76. The first-order valence-corrected chi connectivity index (χ1v) is 12.7. The Morgan fingerprint density at radius 3 is 2.54 bits per heavy atom. The third-order valence-corrected chi connectivity index (χ3v) is 6.73. The lowest BCUT2D eigenvalue weighted by atomic mass is 10.0. The zero-order valence-corrected chi connectivity index (χ0v) is 21.3. The van der Waals surface area contributed by atoms with Gasteiger partial charge in [0.1, 0.15) is 24.6 Å². The quantitative estimate of drug-likeness (QED) is 0.332. The van der Waals surface area contributed by atoms with Gasteiger partial charge in [-0.2, -0.15) is 0 Å². The van der Waals surface area contributed by atoms with Crippen molar-refractivity contribution in [3.63, 3.8) is 0 Å². The van der Waals surface area contributed by atoms with Crippen LogP contribution in [0.1, 0.15) is 41.4 Å². The van der Waals surface area contributed by atoms with Crippen molar-refractivity contribution in [3.8, 4) is 5.75 Å². The van der Waals surface area contributed by atoms with Crippen molar-refractivity contribution in [2.24, 2.45) is 5.73 Å². The number of pyridine rings is 1. The molecule has 2 aromatic carbocycles. The molecule has 0 aliphatic carbocycles. The van der Waals surface area contributed by atoms with E-state index in [-0.39, 0.29) is 0 Å². The molecule has 9 heteroatoms. The lowest BCUT2D eigenvalue weighted by Gasteiger charge is -2.37. The molecule has 1 unspecified atom stereocenters. The van der Waals surface area contributed by atoms with Gasteiger partial charge in [-0.25, -0.2) is 0 Å². The average molecular weight is 506 g/mol. The first kappa shape index (κ1) is 26.5. The summed E-state index contributed by atoms with van der Waals surface area (Å²) in [5, 5.41) is 17.8. The van der Waals surface area contributed by atoms with Crippen LogP contribution in [0.5, 0.6) is 5.75 Å². The predicted octanol–water partition coefficient (Wildman–Crippen LogP) is 2.10. The number of primary amides is 1. The third-order valence-electron chi connectivity index (χ3n) is 6.73. The van der Waals surface area contributed by atoms with E-state index in [0.29, 0.717) is 37.1 Å². The molecule has 0 saturated carbocycles. The van der Waals surface area contributed by atoms with Crippen LogP contribution in [0.25, 0.3) is 10.9 Å². The Morgan fingerprint density at radius 2 is 1.86 bits per heavy atom. The largest absolute Gasteiger partial charge is 0.489 e. The fourth-order valence-corrected chi connectivity index (χ4v) is 4.76. The number of carbonyl (C=O) groups is 2. The molecule has 2 atom stereocenters. The molecular formula is C28H35N5O4. The van der Waals surface area contributed by atoms with Crippen LogP contribution in [0.2, 0.25) is 0 Å². The summed E-state index contributed by atoms with van der Waals surface area (Å²) in [6.45, 7) is 6.47. The zero-order valence-electron chi connectivity index (χ0n) is 21.3. The van der Waals surface area contributed by atoms with Crippen LogP contribution in [-0.2, 0) is 11.4 Å². The number of aliphatic hydroxyl groups excluding tert-OH is 1. The number of aromatic nitrogens is 1. The van der Waals surface area contributed by atoms with Crippen molar-refractivity contribution in [3.05, 3.63) is 71.4 Å². The lowest BCUT2D eigenvalue weighted by molar-refractivity contribution is -0.127. The maximum atomic E-state index is 12.9. The van der Waals surface area contributed by atoms with Gasteiger partial charge in [0.25, 0.3) is 5.91 Å². The van der Waals surface area contributed by atoms with Crippen LogP contribution in [0.3, 0.4) is 0 Å². The van der Waals surface area contributed by atoms with Crippen LogP contribution in [0, 0.1) is 6.92 Å². The Balaban J connectivity index is 1.36. The smallest absolute Gasteiger partial charge is 0.252 e. The van der Waals surface area contributed by atoms with Gasteiger partial charge in [0.05, 0.1) is 5.52 Å². The number of ether oxygens (including phenoxy) is 1. The molecule has 1 fully saturated rings. The van der Waals surface area contributed by atoms with Crippen molar-refractivity contribution < 1.29 is 19.4 Å². The molecule has 2 heterocycles. The lowest BCUT2D eigenvalue weighted by Crippen LogP contribution is -2.59. The maximum Gasteiger partial charge on any atom is 0.252 e. The number of benzene rings is 2. The van der Waals surface area contributed by atoms with Crippen molar-refractivity contribution >= 4 is 22.7 Å². The van der Waals surface area contributed by atoms with Crippen molar-refractivity contribution in [2.75, 3.05) is 19.6 Å². The molecule has 4 rings (SSSR count). The average Bonchev–Trinajstić information content (AvgIpc) is 2.90. The molecule has 1 aliphatic heterocycles. The summed E-state index contributed by atoms with van der Waals surface area (Å²) in [5.74, 6) is -0.674. The van der Waals surface area contributed by atoms with Gasteiger partial charge in [0.15, 0.2) is 0 Å². The molecule has 1 saturated heterocycles. The van der Waals surface area contributed by atoms with E-state index in [1.54, 1.807) is 29.2 Å². The number of amides is 2. The van der Waals surface area contributed by atoms with Crippen LogP contribution < -0.4 is 21.1 Å². The number of para-hydroxylation sites is 1. The Hall–Kier alpha value is -3.53. The molecule has 0 spiro atoms. The molecule has 9 nitrogen and oxygen atoms in total. The van der Waals surface area contributed by atoms with Crippen molar-refractivity contribution in [1.29, 1.82) is 0 Å². The van der Waals surface area contributed by atoms with Crippen LogP contribution in [0.15, 0.2) is 54.6 Å². The second-order valence-electron chi connectivity index (χ2n) is 9.39. The van der Waals surface area contributed by atoms with Gasteiger partial charge in [-0.15, -0.1) is 0 Å². The minimum atomic E-state index is -1.22. The van der Waals surface area contributed by atoms with Gasteiger partial charge in [0.2, 0.25) is 5.91 Å². The monoisotopic (exact) mass is 505 g/mol. The highest BCUT2D eigenvalue weighted by molar-refractivity contribution is 5.97. The van der Waals surface area contributed by atoms with Gasteiger partial charge in [-0.05, 0) is 62.7 Å². The number of rotatable bonds is 10. The minimum absolute atomic E-state index is 0.335. The Morgan fingerprint density at radius 1 is 1.16 bits per heavy atom. The topological polar surface area (TPSA) is 130 Å². The number of hydrogen-bond donors (Lipinski definition) is 4. The summed E-state index contributed by atoms with van der Waals surface area (Å²) >= 11 is 0. The molecule has 5 N–H and O–H groups in total. The summed E-state index contributed by atoms with van der Waals surface area (Å²) in [7, 11) is 0. The predicted molar refractivity (Wildman–Crippen MR) is 142 cm³/mol. The van der Waals surface area contributed by atoms with Crippen LogP contribution >= 0.6 is 0 Å². The van der Waals surface area contributed by atoms with Crippen molar-refractivity contribution in [1.82, 2.24) is 20.5 Å². The van der Waals surface area contributed by atoms with E-state index < -0.39 is 24.1 Å². The number of aryl methyl sites for hydroxylation is 1. The highest BCUT2D eigenvalue weighted by Gasteiger charge is 2.33. The highest BCUT2D eigenvalue weighted by atomic mass is 16.5. The molecule has 1 aromatic heterocycles. The molecule has 196 valence electrons. The van der Waals surface area contributed by atoms with Crippen molar-refractivity contribution in [2.45, 2.75) is 51.6 Å². The van der Waals surface area contributed by atoms with E-state index in [1.807, 2.05) is 37.3 Å². The standard InChI is InChI=1S/C28H35N5O4/c1-3-30-21-12-14-33(15-13-21)28(36)25(26(29)34)32-27(35)19-8-10-22(11-9-19)37-17-20-16-18(2)31-24-7-5-4-6-23(20)24/h4-11,16,21,25,28,30,36H,3,12-15,17H2,1-2H3,(H2,29,34)(H,32,35)/t25-,28?/m1/s1. The zero-order chi connectivity index (χ0) is 26.4. The van der Waals surface area contributed by atoms with Crippen LogP contribution in [-0.4, -0.2) is 64.8 Å². The number of aliphatic hydroxyl groups is 1. The van der Waals surface area contributed by atoms with Crippen LogP contribution in [0.4, 0.5) is 0 Å². The second kappa shape index (κ2) is 12.1. The molecule has 2 amide bonds. The van der Waals surface area contributed by atoms with Gasteiger partial charge < -0.3 is 26.2 Å². The summed E-state index contributed by atoms with van der Waals surface area (Å²) in [6, 6.07) is 15.7. The van der Waals surface area contributed by atoms with E-state index in [1.165, 1.54) is 0 Å². The number of nitrogens with two attached hydrogens (primary N) is 1. The van der Waals surface area contributed by atoms with E-state index in [4.69, 9.17) is 10.5 Å². The number of likely N-dealkylation sites (tertiary alicyclic amines) is 1. The third kappa shape index (κ3) is 6.62. The molecule has 0 radical (unpaired) electrons. The number of hydrogen-bond acceptors (Lipinski definition) is 7. The van der Waals surface area contributed by atoms with Gasteiger partial charge in [-0.3, -0.25) is 19.5 Å². The minimum Gasteiger partial charge on any atom is -0.489 e. The fraction of sp³-hybridized carbons (Fsp3) is 0.393. The second-order valence-corrected chi connectivity index (χ2v) is 9.39. The normalized spacial score (nSPS) is 16.3. The molecule has 3 aromatic rings. The molecule has 37 heavy (non-hydrogen) atoms. The Labute approximate surface area is 217 Å². The SMILES string of the molecule is CCNC1CCN(C(O)[C@H](NC(=O)c2ccc(OCc3cc(C)nc4ccccc34)cc2)C(N)=O)CC1. The number of piperidine rings is 1. The number of fused-ring (bicyclic) bond motifs is 1. The van der Waals surface area contributed by atoms with E-state index in [0.717, 1.165) is 41.5 Å². The van der Waals surface area contributed by atoms with Gasteiger partial charge in [-0.1, -0.05) is 25.1 Å². The molecular weight excluding hydrogens is 470 g/mol. The Kier molecular flexibility index (Phi) is 8.70. The van der Waals surface area contributed by atoms with E-state index in [9.17, 15) is 14.7 Å².